The predicted octanol–water partition coefficient (Wildman–Crippen LogP) is 0.803. The third-order valence-electron chi connectivity index (χ3n) is 3.30. The molecule has 1 aliphatic carbocycles. The van der Waals surface area contributed by atoms with Crippen molar-refractivity contribution < 1.29 is 9.53 Å². The molecule has 1 aliphatic rings. The molecular formula is C12H19N3O2. The highest BCUT2D eigenvalue weighted by atomic mass is 16.5. The summed E-state index contributed by atoms with van der Waals surface area (Å²) in [6, 6.07) is -0.128. The molecule has 0 amide bonds. The Kier molecular flexibility index (Phi) is 3.47. The number of esters is 1. The van der Waals surface area contributed by atoms with Crippen LogP contribution in [0.25, 0.3) is 0 Å². The van der Waals surface area contributed by atoms with Crippen molar-refractivity contribution in [1.29, 1.82) is 0 Å². The molecule has 0 spiro atoms. The van der Waals surface area contributed by atoms with E-state index in [1.54, 1.807) is 6.20 Å². The molecule has 1 unspecified atom stereocenters. The van der Waals surface area contributed by atoms with Crippen LogP contribution in [0.4, 0.5) is 0 Å². The first-order valence-electron chi connectivity index (χ1n) is 5.87. The first-order chi connectivity index (χ1) is 8.13. The second kappa shape index (κ2) is 4.87. The number of rotatable bonds is 5. The van der Waals surface area contributed by atoms with Crippen molar-refractivity contribution in [2.75, 3.05) is 14.2 Å². The Morgan fingerprint density at radius 1 is 1.71 bits per heavy atom. The topological polar surface area (TPSA) is 47.4 Å². The lowest BCUT2D eigenvalue weighted by molar-refractivity contribution is -0.147. The number of hydrogen-bond acceptors (Lipinski definition) is 4. The normalized spacial score (nSPS) is 17.2. The lowest BCUT2D eigenvalue weighted by Crippen LogP contribution is -2.41. The van der Waals surface area contributed by atoms with Crippen LogP contribution in [0.5, 0.6) is 0 Å². The monoisotopic (exact) mass is 237 g/mol. The molecule has 94 valence electrons. The smallest absolute Gasteiger partial charge is 0.323 e. The minimum absolute atomic E-state index is 0.128. The molecule has 5 heteroatoms. The van der Waals surface area contributed by atoms with Gasteiger partial charge in [0.05, 0.1) is 13.7 Å². The number of carbonyl (C=O) groups excluding carboxylic acids is 1. The van der Waals surface area contributed by atoms with E-state index < -0.39 is 0 Å². The number of nitrogens with zero attached hydrogens (tertiary/aromatic N) is 3. The van der Waals surface area contributed by atoms with E-state index in [0.29, 0.717) is 12.5 Å². The molecule has 0 bridgehead atoms. The molecule has 0 saturated heterocycles. The fraction of sp³-hybridized carbons (Fsp3) is 0.667. The van der Waals surface area contributed by atoms with Crippen LogP contribution >= 0.6 is 0 Å². The summed E-state index contributed by atoms with van der Waals surface area (Å²) in [5.74, 6) is 1.28. The third kappa shape index (κ3) is 2.66. The van der Waals surface area contributed by atoms with Crippen molar-refractivity contribution in [2.45, 2.75) is 25.4 Å². The summed E-state index contributed by atoms with van der Waals surface area (Å²) in [7, 11) is 5.36. The molecule has 5 nitrogen and oxygen atoms in total. The number of methoxy groups -OCH3 is 1. The van der Waals surface area contributed by atoms with Gasteiger partial charge >= 0.3 is 5.97 Å². The predicted molar refractivity (Wildman–Crippen MR) is 63.2 cm³/mol. The first kappa shape index (κ1) is 12.1. The van der Waals surface area contributed by atoms with Crippen LogP contribution < -0.4 is 0 Å². The van der Waals surface area contributed by atoms with Crippen molar-refractivity contribution >= 4 is 5.97 Å². The van der Waals surface area contributed by atoms with Gasteiger partial charge in [-0.25, -0.2) is 4.98 Å². The van der Waals surface area contributed by atoms with Gasteiger partial charge in [0, 0.05) is 19.4 Å². The molecule has 1 aromatic rings. The molecule has 1 heterocycles. The summed E-state index contributed by atoms with van der Waals surface area (Å²) in [4.78, 5) is 18.1. The highest BCUT2D eigenvalue weighted by Crippen LogP contribution is 2.35. The second-order valence-electron chi connectivity index (χ2n) is 4.67. The zero-order chi connectivity index (χ0) is 12.4. The van der Waals surface area contributed by atoms with Gasteiger partial charge in [-0.1, -0.05) is 0 Å². The number of hydrogen-bond donors (Lipinski definition) is 0. The van der Waals surface area contributed by atoms with Gasteiger partial charge in [0.1, 0.15) is 11.9 Å². The van der Waals surface area contributed by atoms with Crippen LogP contribution in [-0.2, 0) is 23.1 Å². The van der Waals surface area contributed by atoms with E-state index in [0.717, 1.165) is 18.7 Å². The summed E-state index contributed by atoms with van der Waals surface area (Å²) in [5, 5.41) is 0. The average molecular weight is 237 g/mol. The molecule has 2 rings (SSSR count). The Bertz CT molecular complexity index is 398. The molecule has 0 aliphatic heterocycles. The van der Waals surface area contributed by atoms with Crippen LogP contribution in [0.2, 0.25) is 0 Å². The van der Waals surface area contributed by atoms with E-state index >= 15 is 0 Å². The SMILES string of the molecule is COC(=O)C(C1CC1)N(C)Cc1nccn1C. The molecule has 1 fully saturated rings. The fourth-order valence-corrected chi connectivity index (χ4v) is 2.14. The van der Waals surface area contributed by atoms with Gasteiger partial charge in [0.25, 0.3) is 0 Å². The number of aryl methyl sites for hydroxylation is 1. The molecule has 0 aromatic carbocycles. The van der Waals surface area contributed by atoms with Crippen molar-refractivity contribution in [1.82, 2.24) is 14.5 Å². The van der Waals surface area contributed by atoms with E-state index in [1.807, 2.05) is 29.8 Å². The summed E-state index contributed by atoms with van der Waals surface area (Å²) in [5.41, 5.74) is 0. The van der Waals surface area contributed by atoms with Crippen molar-refractivity contribution in [2.24, 2.45) is 13.0 Å². The van der Waals surface area contributed by atoms with E-state index in [-0.39, 0.29) is 12.0 Å². The molecule has 0 radical (unpaired) electrons. The Labute approximate surface area is 101 Å². The number of carbonyl (C=O) groups is 1. The van der Waals surface area contributed by atoms with Gasteiger partial charge in [-0.05, 0) is 25.8 Å². The Morgan fingerprint density at radius 3 is 2.88 bits per heavy atom. The number of aromatic nitrogens is 2. The van der Waals surface area contributed by atoms with Gasteiger partial charge in [-0.15, -0.1) is 0 Å². The van der Waals surface area contributed by atoms with Crippen LogP contribution in [0, 0.1) is 5.92 Å². The maximum Gasteiger partial charge on any atom is 0.323 e. The lowest BCUT2D eigenvalue weighted by Gasteiger charge is -2.25. The summed E-state index contributed by atoms with van der Waals surface area (Å²) in [6.07, 6.45) is 5.91. The van der Waals surface area contributed by atoms with Crippen molar-refractivity contribution in [3.63, 3.8) is 0 Å². The van der Waals surface area contributed by atoms with Crippen LogP contribution in [0.1, 0.15) is 18.7 Å². The molecule has 1 saturated carbocycles. The van der Waals surface area contributed by atoms with Gasteiger partial charge in [0.2, 0.25) is 0 Å². The number of imidazole rings is 1. The number of likely N-dealkylation sites (N-methyl/N-ethyl adjacent to an activating group) is 1. The Morgan fingerprint density at radius 2 is 2.41 bits per heavy atom. The van der Waals surface area contributed by atoms with E-state index in [1.165, 1.54) is 7.11 Å². The number of ether oxygens (including phenoxy) is 1. The summed E-state index contributed by atoms with van der Waals surface area (Å²) >= 11 is 0. The molecule has 0 N–H and O–H groups in total. The van der Waals surface area contributed by atoms with Crippen molar-refractivity contribution in [3.05, 3.63) is 18.2 Å². The zero-order valence-electron chi connectivity index (χ0n) is 10.6. The van der Waals surface area contributed by atoms with Gasteiger partial charge < -0.3 is 9.30 Å². The quantitative estimate of drug-likeness (QED) is 0.711. The maximum atomic E-state index is 11.8. The molecule has 1 atom stereocenters. The van der Waals surface area contributed by atoms with Crippen LogP contribution in [0.15, 0.2) is 12.4 Å². The Hall–Kier alpha value is -1.36. The van der Waals surface area contributed by atoms with Crippen molar-refractivity contribution in [3.8, 4) is 0 Å². The molecular weight excluding hydrogens is 218 g/mol. The minimum atomic E-state index is -0.135. The molecule has 17 heavy (non-hydrogen) atoms. The van der Waals surface area contributed by atoms with Gasteiger partial charge in [-0.3, -0.25) is 9.69 Å². The largest absolute Gasteiger partial charge is 0.468 e. The summed E-state index contributed by atoms with van der Waals surface area (Å²) in [6.45, 7) is 0.666. The first-order valence-corrected chi connectivity index (χ1v) is 5.87. The second-order valence-corrected chi connectivity index (χ2v) is 4.67. The van der Waals surface area contributed by atoms with E-state index in [4.69, 9.17) is 4.74 Å². The summed E-state index contributed by atoms with van der Waals surface area (Å²) < 4.78 is 6.85. The standard InChI is InChI=1S/C12H19N3O2/c1-14-7-6-13-10(14)8-15(2)11(9-4-5-9)12(16)17-3/h6-7,9,11H,4-5,8H2,1-3H3. The highest BCUT2D eigenvalue weighted by molar-refractivity contribution is 5.76. The minimum Gasteiger partial charge on any atom is -0.468 e. The maximum absolute atomic E-state index is 11.8. The lowest BCUT2D eigenvalue weighted by atomic mass is 10.1. The van der Waals surface area contributed by atoms with Gasteiger partial charge in [0.15, 0.2) is 0 Å². The van der Waals surface area contributed by atoms with Crippen LogP contribution in [-0.4, -0.2) is 40.6 Å². The Balaban J connectivity index is 2.04. The average Bonchev–Trinajstić information content (AvgIpc) is 3.05. The van der Waals surface area contributed by atoms with Gasteiger partial charge in [-0.2, -0.15) is 0 Å². The zero-order valence-corrected chi connectivity index (χ0v) is 10.6. The van der Waals surface area contributed by atoms with Crippen LogP contribution in [0.3, 0.4) is 0 Å². The third-order valence-corrected chi connectivity index (χ3v) is 3.30. The highest BCUT2D eigenvalue weighted by Gasteiger charge is 2.39. The fourth-order valence-electron chi connectivity index (χ4n) is 2.14. The molecule has 1 aromatic heterocycles. The van der Waals surface area contributed by atoms with E-state index in [9.17, 15) is 4.79 Å². The van der Waals surface area contributed by atoms with E-state index in [2.05, 4.69) is 4.98 Å².